The fraction of sp³-hybridized carbons (Fsp3) is 0. The van der Waals surface area contributed by atoms with E-state index in [1.807, 2.05) is 0 Å². The summed E-state index contributed by atoms with van der Waals surface area (Å²) in [6, 6.07) is 5.46. The monoisotopic (exact) mass is 363 g/mol. The van der Waals surface area contributed by atoms with Gasteiger partial charge in [0, 0.05) is 12.1 Å². The Balaban J connectivity index is 2.40. The van der Waals surface area contributed by atoms with Gasteiger partial charge in [0.05, 0.1) is 15.5 Å². The van der Waals surface area contributed by atoms with Crippen molar-refractivity contribution in [3.8, 4) is 11.5 Å². The van der Waals surface area contributed by atoms with E-state index in [1.165, 1.54) is 24.3 Å². The van der Waals surface area contributed by atoms with Crippen LogP contribution in [0.4, 0.5) is 5.69 Å². The number of nitro benzene ring substituents is 1. The molecule has 2 aromatic rings. The molecule has 0 radical (unpaired) electrons. The molecule has 0 amide bonds. The van der Waals surface area contributed by atoms with Crippen LogP contribution in [0.2, 0.25) is 10.3 Å². The highest BCUT2D eigenvalue weighted by atomic mass is 79.9. The van der Waals surface area contributed by atoms with Gasteiger partial charge in [-0.3, -0.25) is 10.1 Å². The normalized spacial score (nSPS) is 10.3. The third-order valence-corrected chi connectivity index (χ3v) is 3.13. The molecule has 1 heterocycles. The standard InChI is InChI=1S/C10H4BrCl2N3O3/c11-6-2-1-5(16(17)18)3-7(6)19-8-4-9(12)14-15-10(8)13/h1-4H. The van der Waals surface area contributed by atoms with Crippen LogP contribution in [-0.2, 0) is 0 Å². The highest BCUT2D eigenvalue weighted by Gasteiger charge is 2.13. The van der Waals surface area contributed by atoms with Crippen LogP contribution in [0.25, 0.3) is 0 Å². The zero-order valence-corrected chi connectivity index (χ0v) is 12.1. The smallest absolute Gasteiger partial charge is 0.273 e. The minimum atomic E-state index is -0.529. The maximum Gasteiger partial charge on any atom is 0.273 e. The molecule has 0 aliphatic heterocycles. The van der Waals surface area contributed by atoms with Gasteiger partial charge in [0.15, 0.2) is 16.1 Å². The molecule has 19 heavy (non-hydrogen) atoms. The average molecular weight is 365 g/mol. The molecular formula is C10H4BrCl2N3O3. The number of aromatic nitrogens is 2. The molecule has 0 N–H and O–H groups in total. The van der Waals surface area contributed by atoms with E-state index in [1.54, 1.807) is 0 Å². The molecule has 0 spiro atoms. The van der Waals surface area contributed by atoms with Crippen LogP contribution in [-0.4, -0.2) is 15.1 Å². The molecule has 0 bridgehead atoms. The molecule has 9 heteroatoms. The fourth-order valence-electron chi connectivity index (χ4n) is 1.21. The molecule has 1 aromatic heterocycles. The molecular weight excluding hydrogens is 361 g/mol. The molecule has 6 nitrogen and oxygen atoms in total. The molecule has 0 atom stereocenters. The van der Waals surface area contributed by atoms with Gasteiger partial charge in [-0.25, -0.2) is 0 Å². The zero-order chi connectivity index (χ0) is 14.0. The summed E-state index contributed by atoms with van der Waals surface area (Å²) in [5.41, 5.74) is -0.109. The van der Waals surface area contributed by atoms with Crippen molar-refractivity contribution in [2.45, 2.75) is 0 Å². The molecule has 0 fully saturated rings. The minimum Gasteiger partial charge on any atom is -0.452 e. The molecule has 0 unspecified atom stereocenters. The van der Waals surface area contributed by atoms with Crippen LogP contribution in [0, 0.1) is 10.1 Å². The second-order valence-electron chi connectivity index (χ2n) is 3.30. The quantitative estimate of drug-likeness (QED) is 0.601. The van der Waals surface area contributed by atoms with Crippen molar-refractivity contribution >= 4 is 44.8 Å². The predicted molar refractivity (Wildman–Crippen MR) is 72.9 cm³/mol. The van der Waals surface area contributed by atoms with Gasteiger partial charge in [-0.1, -0.05) is 23.2 Å². The van der Waals surface area contributed by atoms with E-state index in [0.29, 0.717) is 4.47 Å². The Hall–Kier alpha value is -1.44. The van der Waals surface area contributed by atoms with Crippen molar-refractivity contribution in [1.29, 1.82) is 0 Å². The Morgan fingerprint density at radius 1 is 1.21 bits per heavy atom. The second-order valence-corrected chi connectivity index (χ2v) is 4.90. The minimum absolute atomic E-state index is 0.00260. The van der Waals surface area contributed by atoms with Crippen molar-refractivity contribution in [3.63, 3.8) is 0 Å². The van der Waals surface area contributed by atoms with E-state index in [9.17, 15) is 10.1 Å². The molecule has 0 aliphatic rings. The third kappa shape index (κ3) is 3.31. The van der Waals surface area contributed by atoms with E-state index in [4.69, 9.17) is 27.9 Å². The van der Waals surface area contributed by atoms with Crippen molar-refractivity contribution in [2.75, 3.05) is 0 Å². The molecule has 0 aliphatic carbocycles. The molecule has 1 aromatic carbocycles. The largest absolute Gasteiger partial charge is 0.452 e. The van der Waals surface area contributed by atoms with Crippen LogP contribution in [0.5, 0.6) is 11.5 Å². The molecule has 2 rings (SSSR count). The first kappa shape index (κ1) is 14.0. The van der Waals surface area contributed by atoms with Gasteiger partial charge in [-0.15, -0.1) is 10.2 Å². The zero-order valence-electron chi connectivity index (χ0n) is 9.01. The van der Waals surface area contributed by atoms with Gasteiger partial charge in [-0.2, -0.15) is 0 Å². The number of nitrogens with zero attached hydrogens (tertiary/aromatic N) is 3. The summed E-state index contributed by atoms with van der Waals surface area (Å²) in [4.78, 5) is 10.2. The first-order valence-corrected chi connectivity index (χ1v) is 6.33. The van der Waals surface area contributed by atoms with E-state index in [0.717, 1.165) is 0 Å². The summed E-state index contributed by atoms with van der Waals surface area (Å²) in [6.45, 7) is 0. The van der Waals surface area contributed by atoms with Crippen LogP contribution in [0.3, 0.4) is 0 Å². The number of ether oxygens (including phenoxy) is 1. The summed E-state index contributed by atoms with van der Waals surface area (Å²) in [5.74, 6) is 0.378. The number of hydrogen-bond donors (Lipinski definition) is 0. The summed E-state index contributed by atoms with van der Waals surface area (Å²) in [7, 11) is 0. The summed E-state index contributed by atoms with van der Waals surface area (Å²) in [5, 5.41) is 17.9. The lowest BCUT2D eigenvalue weighted by Crippen LogP contribution is -1.93. The number of nitro groups is 1. The topological polar surface area (TPSA) is 78.2 Å². The maximum absolute atomic E-state index is 10.7. The average Bonchev–Trinajstić information content (AvgIpc) is 2.36. The van der Waals surface area contributed by atoms with E-state index in [-0.39, 0.29) is 27.5 Å². The van der Waals surface area contributed by atoms with Crippen LogP contribution in [0.15, 0.2) is 28.7 Å². The van der Waals surface area contributed by atoms with Crippen LogP contribution >= 0.6 is 39.1 Å². The van der Waals surface area contributed by atoms with Crippen molar-refractivity contribution < 1.29 is 9.66 Å². The molecule has 0 saturated carbocycles. The van der Waals surface area contributed by atoms with Crippen molar-refractivity contribution in [1.82, 2.24) is 10.2 Å². The first-order chi connectivity index (χ1) is 8.97. The summed E-state index contributed by atoms with van der Waals surface area (Å²) < 4.78 is 5.97. The van der Waals surface area contributed by atoms with Gasteiger partial charge in [-0.05, 0) is 22.0 Å². The number of benzene rings is 1. The molecule has 98 valence electrons. The summed E-state index contributed by atoms with van der Waals surface area (Å²) >= 11 is 14.7. The van der Waals surface area contributed by atoms with E-state index in [2.05, 4.69) is 26.1 Å². The van der Waals surface area contributed by atoms with Crippen molar-refractivity contribution in [2.24, 2.45) is 0 Å². The Morgan fingerprint density at radius 2 is 1.95 bits per heavy atom. The van der Waals surface area contributed by atoms with Gasteiger partial charge >= 0.3 is 0 Å². The van der Waals surface area contributed by atoms with Gasteiger partial charge in [0.2, 0.25) is 0 Å². The highest BCUT2D eigenvalue weighted by Crippen LogP contribution is 2.35. The predicted octanol–water partition coefficient (Wildman–Crippen LogP) is 4.25. The first-order valence-electron chi connectivity index (χ1n) is 4.78. The Labute approximate surface area is 125 Å². The van der Waals surface area contributed by atoms with E-state index >= 15 is 0 Å². The Bertz CT molecular complexity index is 654. The lowest BCUT2D eigenvalue weighted by atomic mass is 10.3. The van der Waals surface area contributed by atoms with E-state index < -0.39 is 4.92 Å². The number of halogens is 3. The third-order valence-electron chi connectivity index (χ3n) is 2.03. The number of non-ortho nitro benzene ring substituents is 1. The van der Waals surface area contributed by atoms with Crippen LogP contribution in [0.1, 0.15) is 0 Å². The van der Waals surface area contributed by atoms with Crippen molar-refractivity contribution in [3.05, 3.63) is 49.2 Å². The maximum atomic E-state index is 10.7. The number of hydrogen-bond acceptors (Lipinski definition) is 5. The summed E-state index contributed by atoms with van der Waals surface area (Å²) in [6.07, 6.45) is 0. The van der Waals surface area contributed by atoms with Gasteiger partial charge < -0.3 is 4.74 Å². The molecule has 0 saturated heterocycles. The highest BCUT2D eigenvalue weighted by molar-refractivity contribution is 9.10. The Kier molecular flexibility index (Phi) is 4.18. The Morgan fingerprint density at radius 3 is 2.63 bits per heavy atom. The SMILES string of the molecule is O=[N+]([O-])c1ccc(Br)c(Oc2cc(Cl)nnc2Cl)c1. The fourth-order valence-corrected chi connectivity index (χ4v) is 1.81. The van der Waals surface area contributed by atoms with Gasteiger partial charge in [0.1, 0.15) is 5.75 Å². The number of rotatable bonds is 3. The van der Waals surface area contributed by atoms with Gasteiger partial charge in [0.25, 0.3) is 5.69 Å². The lowest BCUT2D eigenvalue weighted by Gasteiger charge is -2.08. The second kappa shape index (κ2) is 5.68. The lowest BCUT2D eigenvalue weighted by molar-refractivity contribution is -0.384. The van der Waals surface area contributed by atoms with Crippen LogP contribution < -0.4 is 4.74 Å².